The molecule has 0 fully saturated rings. The van der Waals surface area contributed by atoms with E-state index >= 15 is 0 Å². The highest BCUT2D eigenvalue weighted by atomic mass is 35.5. The van der Waals surface area contributed by atoms with Gasteiger partial charge in [-0.3, -0.25) is 4.79 Å². The number of rotatable bonds is 10. The van der Waals surface area contributed by atoms with E-state index in [1.807, 2.05) is 42.5 Å². The number of halogens is 1. The quantitative estimate of drug-likeness (QED) is 0.344. The summed E-state index contributed by atoms with van der Waals surface area (Å²) in [6.45, 7) is 0.858. The average Bonchev–Trinajstić information content (AvgIpc) is 3.34. The van der Waals surface area contributed by atoms with Crippen LogP contribution < -0.4 is 10.1 Å². The van der Waals surface area contributed by atoms with Crippen LogP contribution in [0.25, 0.3) is 5.57 Å². The minimum absolute atomic E-state index is 0.0865. The van der Waals surface area contributed by atoms with E-state index in [1.54, 1.807) is 24.3 Å². The second kappa shape index (κ2) is 11.0. The van der Waals surface area contributed by atoms with Crippen LogP contribution in [0.2, 0.25) is 5.02 Å². The van der Waals surface area contributed by atoms with Crippen molar-refractivity contribution in [3.8, 4) is 5.75 Å². The number of ketones is 1. The molecule has 1 aliphatic carbocycles. The van der Waals surface area contributed by atoms with E-state index in [1.165, 1.54) is 6.07 Å². The van der Waals surface area contributed by atoms with Crippen molar-refractivity contribution in [3.05, 3.63) is 100 Å². The van der Waals surface area contributed by atoms with Crippen LogP contribution in [-0.2, 0) is 11.4 Å². The van der Waals surface area contributed by atoms with E-state index in [4.69, 9.17) is 21.4 Å². The van der Waals surface area contributed by atoms with Crippen LogP contribution >= 0.6 is 11.6 Å². The van der Waals surface area contributed by atoms with E-state index < -0.39 is 5.97 Å². The van der Waals surface area contributed by atoms with Crippen molar-refractivity contribution in [2.75, 3.05) is 11.9 Å². The molecule has 4 rings (SSSR count). The molecule has 0 amide bonds. The van der Waals surface area contributed by atoms with Gasteiger partial charge in [0.05, 0.1) is 5.56 Å². The summed E-state index contributed by atoms with van der Waals surface area (Å²) in [6.07, 6.45) is 2.76. The van der Waals surface area contributed by atoms with Crippen molar-refractivity contribution in [3.63, 3.8) is 0 Å². The zero-order valence-corrected chi connectivity index (χ0v) is 19.5. The molecule has 174 valence electrons. The van der Waals surface area contributed by atoms with Gasteiger partial charge >= 0.3 is 5.97 Å². The average molecular weight is 476 g/mol. The molecule has 1 aliphatic rings. The standard InChI is InChI=1S/C28H26ClNO4/c29-21-12-13-27(34-18-19-6-2-1-3-7-19)25(17-21)23-10-5-11-24(23)26(31)14-15-30-22-9-4-8-20(16-22)28(32)33/h1-4,6-9,12-13,16-17,30H,5,10-11,14-15,18H2,(H,32,33). The molecule has 0 heterocycles. The Labute approximate surface area is 204 Å². The molecule has 0 bridgehead atoms. The van der Waals surface area contributed by atoms with Crippen LogP contribution in [0.1, 0.15) is 47.2 Å². The summed E-state index contributed by atoms with van der Waals surface area (Å²) in [5.41, 5.74) is 4.67. The maximum Gasteiger partial charge on any atom is 0.335 e. The van der Waals surface area contributed by atoms with Gasteiger partial charge in [0, 0.05) is 29.2 Å². The fourth-order valence-electron chi connectivity index (χ4n) is 4.18. The smallest absolute Gasteiger partial charge is 0.335 e. The second-order valence-electron chi connectivity index (χ2n) is 8.21. The van der Waals surface area contributed by atoms with Gasteiger partial charge < -0.3 is 15.2 Å². The van der Waals surface area contributed by atoms with Crippen LogP contribution in [0.4, 0.5) is 5.69 Å². The number of benzene rings is 3. The lowest BCUT2D eigenvalue weighted by molar-refractivity contribution is -0.115. The highest BCUT2D eigenvalue weighted by Crippen LogP contribution is 2.40. The summed E-state index contributed by atoms with van der Waals surface area (Å²) < 4.78 is 6.12. The summed E-state index contributed by atoms with van der Waals surface area (Å²) in [7, 11) is 0. The van der Waals surface area contributed by atoms with Crippen molar-refractivity contribution in [1.29, 1.82) is 0 Å². The number of hydrogen-bond donors (Lipinski definition) is 2. The third-order valence-electron chi connectivity index (χ3n) is 5.85. The van der Waals surface area contributed by atoms with Gasteiger partial charge in [0.25, 0.3) is 0 Å². The molecule has 0 radical (unpaired) electrons. The number of Topliss-reactive ketones (excluding diaryl/α,β-unsaturated/α-hetero) is 1. The molecule has 0 saturated heterocycles. The third kappa shape index (κ3) is 5.86. The molecule has 34 heavy (non-hydrogen) atoms. The number of nitrogens with one attached hydrogen (secondary N) is 1. The minimum atomic E-state index is -0.979. The van der Waals surface area contributed by atoms with Crippen molar-refractivity contribution < 1.29 is 19.4 Å². The van der Waals surface area contributed by atoms with E-state index in [9.17, 15) is 9.59 Å². The summed E-state index contributed by atoms with van der Waals surface area (Å²) in [5, 5.41) is 12.9. The third-order valence-corrected chi connectivity index (χ3v) is 6.08. The Kier molecular flexibility index (Phi) is 7.65. The lowest BCUT2D eigenvalue weighted by Gasteiger charge is -2.15. The van der Waals surface area contributed by atoms with E-state index in [0.717, 1.165) is 47.3 Å². The molecular formula is C28H26ClNO4. The van der Waals surface area contributed by atoms with Gasteiger partial charge in [0.15, 0.2) is 5.78 Å². The Morgan fingerprint density at radius 2 is 1.79 bits per heavy atom. The maximum atomic E-state index is 13.1. The first-order chi connectivity index (χ1) is 16.5. The highest BCUT2D eigenvalue weighted by molar-refractivity contribution is 6.30. The lowest BCUT2D eigenvalue weighted by atomic mass is 9.97. The number of carbonyl (C=O) groups excluding carboxylic acids is 1. The summed E-state index contributed by atoms with van der Waals surface area (Å²) in [6, 6.07) is 22.1. The Hall–Kier alpha value is -3.57. The monoisotopic (exact) mass is 475 g/mol. The number of carbonyl (C=O) groups is 2. The van der Waals surface area contributed by atoms with Gasteiger partial charge in [-0.2, -0.15) is 0 Å². The number of ether oxygens (including phenoxy) is 1. The number of hydrogen-bond acceptors (Lipinski definition) is 4. The predicted octanol–water partition coefficient (Wildman–Crippen LogP) is 6.63. The molecule has 0 aliphatic heterocycles. The lowest BCUT2D eigenvalue weighted by Crippen LogP contribution is -2.11. The summed E-state index contributed by atoms with van der Waals surface area (Å²) in [4.78, 5) is 24.3. The molecule has 2 N–H and O–H groups in total. The topological polar surface area (TPSA) is 75.6 Å². The van der Waals surface area contributed by atoms with Gasteiger partial charge in [0.1, 0.15) is 12.4 Å². The zero-order valence-electron chi connectivity index (χ0n) is 18.7. The fourth-order valence-corrected chi connectivity index (χ4v) is 4.35. The molecular weight excluding hydrogens is 450 g/mol. The van der Waals surface area contributed by atoms with Crippen LogP contribution in [0.15, 0.2) is 78.4 Å². The van der Waals surface area contributed by atoms with Crippen LogP contribution in [0.5, 0.6) is 5.75 Å². The first-order valence-corrected chi connectivity index (χ1v) is 11.7. The molecule has 6 heteroatoms. The largest absolute Gasteiger partial charge is 0.488 e. The summed E-state index contributed by atoms with van der Waals surface area (Å²) in [5.74, 6) is -0.172. The van der Waals surface area contributed by atoms with Crippen LogP contribution in [0.3, 0.4) is 0 Å². The molecule has 0 aromatic heterocycles. The number of aromatic carboxylic acids is 1. The fraction of sp³-hybridized carbons (Fsp3) is 0.214. The molecule has 0 unspecified atom stereocenters. The Bertz CT molecular complexity index is 1220. The number of anilines is 1. The Morgan fingerprint density at radius 1 is 0.971 bits per heavy atom. The molecule has 3 aromatic rings. The number of carboxylic acids is 1. The molecule has 5 nitrogen and oxygen atoms in total. The summed E-state index contributed by atoms with van der Waals surface area (Å²) >= 11 is 6.31. The predicted molar refractivity (Wildman–Crippen MR) is 135 cm³/mol. The van der Waals surface area contributed by atoms with Crippen LogP contribution in [-0.4, -0.2) is 23.4 Å². The molecule has 3 aromatic carbocycles. The van der Waals surface area contributed by atoms with Crippen molar-refractivity contribution >= 4 is 34.6 Å². The second-order valence-corrected chi connectivity index (χ2v) is 8.65. The molecule has 0 spiro atoms. The first-order valence-electron chi connectivity index (χ1n) is 11.3. The minimum Gasteiger partial charge on any atom is -0.488 e. The van der Waals surface area contributed by atoms with Gasteiger partial charge in [-0.25, -0.2) is 4.79 Å². The van der Waals surface area contributed by atoms with Gasteiger partial charge in [0.2, 0.25) is 0 Å². The SMILES string of the molecule is O=C(CCNc1cccc(C(=O)O)c1)C1=C(c2cc(Cl)ccc2OCc2ccccc2)CCC1. The maximum absolute atomic E-state index is 13.1. The Morgan fingerprint density at radius 3 is 2.59 bits per heavy atom. The Balaban J connectivity index is 1.47. The van der Waals surface area contributed by atoms with Crippen molar-refractivity contribution in [1.82, 2.24) is 0 Å². The van der Waals surface area contributed by atoms with Gasteiger partial charge in [-0.1, -0.05) is 48.0 Å². The normalized spacial score (nSPS) is 13.1. The van der Waals surface area contributed by atoms with E-state index in [-0.39, 0.29) is 11.3 Å². The number of carboxylic acid groups (broad SMARTS) is 1. The van der Waals surface area contributed by atoms with Crippen molar-refractivity contribution in [2.24, 2.45) is 0 Å². The first kappa shape index (κ1) is 23.6. The van der Waals surface area contributed by atoms with Crippen molar-refractivity contribution in [2.45, 2.75) is 32.3 Å². The van der Waals surface area contributed by atoms with Gasteiger partial charge in [-0.15, -0.1) is 0 Å². The molecule has 0 saturated carbocycles. The van der Waals surface area contributed by atoms with Crippen LogP contribution in [0, 0.1) is 0 Å². The number of allylic oxidation sites excluding steroid dienone is 2. The highest BCUT2D eigenvalue weighted by Gasteiger charge is 2.24. The zero-order chi connectivity index (χ0) is 23.9. The van der Waals surface area contributed by atoms with E-state index in [0.29, 0.717) is 30.3 Å². The van der Waals surface area contributed by atoms with Gasteiger partial charge in [-0.05, 0) is 72.4 Å². The molecule has 0 atom stereocenters. The van der Waals surface area contributed by atoms with E-state index in [2.05, 4.69) is 5.32 Å².